The van der Waals surface area contributed by atoms with Crippen LogP contribution in [0.25, 0.3) is 11.5 Å². The van der Waals surface area contributed by atoms with Gasteiger partial charge < -0.3 is 14.9 Å². The number of nitrogen functional groups attached to an aromatic ring is 1. The van der Waals surface area contributed by atoms with Crippen molar-refractivity contribution >= 4 is 23.5 Å². The lowest BCUT2D eigenvalue weighted by Crippen LogP contribution is -2.07. The lowest BCUT2D eigenvalue weighted by atomic mass is 10.1. The maximum atomic E-state index is 11.6. The minimum atomic E-state index is -0.612. The Kier molecular flexibility index (Phi) is 3.76. The van der Waals surface area contributed by atoms with Crippen molar-refractivity contribution in [2.24, 2.45) is 0 Å². The average molecular weight is 281 g/mol. The molecule has 5 nitrogen and oxygen atoms in total. The van der Waals surface area contributed by atoms with E-state index in [2.05, 4.69) is 4.98 Å². The molecule has 0 aliphatic heterocycles. The Morgan fingerprint density at radius 3 is 2.95 bits per heavy atom. The van der Waals surface area contributed by atoms with Gasteiger partial charge in [0.2, 0.25) is 17.5 Å². The van der Waals surface area contributed by atoms with E-state index in [1.807, 2.05) is 19.1 Å². The van der Waals surface area contributed by atoms with Crippen LogP contribution in [0.1, 0.15) is 23.0 Å². The standard InChI is InChI=1S/C13H13ClN2O3/c1-3-18-13(17)10-11(15)19-12(16-10)8-6-4-5-7(2)9(8)14/h4-6H,3,15H2,1-2H3. The van der Waals surface area contributed by atoms with E-state index in [0.717, 1.165) is 5.56 Å². The summed E-state index contributed by atoms with van der Waals surface area (Å²) in [6, 6.07) is 5.43. The number of nitrogens with zero attached hydrogens (tertiary/aromatic N) is 1. The highest BCUT2D eigenvalue weighted by atomic mass is 35.5. The molecule has 0 saturated heterocycles. The van der Waals surface area contributed by atoms with Crippen LogP contribution in [0.4, 0.5) is 5.88 Å². The largest absolute Gasteiger partial charge is 0.461 e. The second-order valence-corrected chi connectivity index (χ2v) is 4.27. The summed E-state index contributed by atoms with van der Waals surface area (Å²) in [5.74, 6) is -0.487. The van der Waals surface area contributed by atoms with Crippen molar-refractivity contribution in [1.82, 2.24) is 4.98 Å². The number of rotatable bonds is 3. The van der Waals surface area contributed by atoms with Gasteiger partial charge in [0.1, 0.15) is 0 Å². The van der Waals surface area contributed by atoms with Gasteiger partial charge in [-0.05, 0) is 25.5 Å². The van der Waals surface area contributed by atoms with Crippen LogP contribution in [0, 0.1) is 6.92 Å². The first-order valence-corrected chi connectivity index (χ1v) is 6.11. The number of aryl methyl sites for hydroxylation is 1. The number of aromatic nitrogens is 1. The number of hydrogen-bond acceptors (Lipinski definition) is 5. The van der Waals surface area contributed by atoms with Gasteiger partial charge in [-0.2, -0.15) is 4.98 Å². The van der Waals surface area contributed by atoms with E-state index in [1.165, 1.54) is 0 Å². The van der Waals surface area contributed by atoms with Gasteiger partial charge in [-0.25, -0.2) is 4.79 Å². The van der Waals surface area contributed by atoms with Gasteiger partial charge >= 0.3 is 5.97 Å². The molecule has 2 aromatic rings. The Balaban J connectivity index is 2.45. The van der Waals surface area contributed by atoms with E-state index in [0.29, 0.717) is 10.6 Å². The van der Waals surface area contributed by atoms with Gasteiger partial charge in [-0.1, -0.05) is 23.7 Å². The smallest absolute Gasteiger partial charge is 0.362 e. The molecule has 0 atom stereocenters. The van der Waals surface area contributed by atoms with Crippen LogP contribution in [0.5, 0.6) is 0 Å². The van der Waals surface area contributed by atoms with Crippen molar-refractivity contribution < 1.29 is 13.9 Å². The maximum absolute atomic E-state index is 11.6. The predicted octanol–water partition coefficient (Wildman–Crippen LogP) is 3.06. The first-order chi connectivity index (χ1) is 9.04. The number of benzene rings is 1. The van der Waals surface area contributed by atoms with Crippen LogP contribution in [0.2, 0.25) is 5.02 Å². The summed E-state index contributed by atoms with van der Waals surface area (Å²) >= 11 is 6.17. The Morgan fingerprint density at radius 2 is 2.26 bits per heavy atom. The quantitative estimate of drug-likeness (QED) is 0.874. The second-order valence-electron chi connectivity index (χ2n) is 3.89. The fraction of sp³-hybridized carbons (Fsp3) is 0.231. The predicted molar refractivity (Wildman–Crippen MR) is 72.1 cm³/mol. The van der Waals surface area contributed by atoms with Gasteiger partial charge in [0, 0.05) is 0 Å². The highest BCUT2D eigenvalue weighted by Crippen LogP contribution is 2.31. The summed E-state index contributed by atoms with van der Waals surface area (Å²) in [6.45, 7) is 3.81. The molecule has 2 rings (SSSR count). The monoisotopic (exact) mass is 280 g/mol. The van der Waals surface area contributed by atoms with Crippen molar-refractivity contribution in [3.05, 3.63) is 34.5 Å². The number of carbonyl (C=O) groups excluding carboxylic acids is 1. The Morgan fingerprint density at radius 1 is 1.53 bits per heavy atom. The Labute approximate surface area is 115 Å². The number of carbonyl (C=O) groups is 1. The summed E-state index contributed by atoms with van der Waals surface area (Å²) in [6.07, 6.45) is 0. The third kappa shape index (κ3) is 2.56. The van der Waals surface area contributed by atoms with Crippen LogP contribution in [0.15, 0.2) is 22.6 Å². The molecule has 0 fully saturated rings. The van der Waals surface area contributed by atoms with Crippen LogP contribution < -0.4 is 5.73 Å². The van der Waals surface area contributed by atoms with E-state index in [9.17, 15) is 4.79 Å². The second kappa shape index (κ2) is 5.32. The van der Waals surface area contributed by atoms with Crippen LogP contribution in [0.3, 0.4) is 0 Å². The molecule has 0 bridgehead atoms. The zero-order valence-corrected chi connectivity index (χ0v) is 11.3. The number of nitrogens with two attached hydrogens (primary N) is 1. The average Bonchev–Trinajstić information content (AvgIpc) is 2.75. The first-order valence-electron chi connectivity index (χ1n) is 5.73. The van der Waals surface area contributed by atoms with Crippen molar-refractivity contribution in [3.8, 4) is 11.5 Å². The minimum Gasteiger partial charge on any atom is -0.461 e. The summed E-state index contributed by atoms with van der Waals surface area (Å²) in [5, 5.41) is 0.513. The van der Waals surface area contributed by atoms with E-state index in [-0.39, 0.29) is 24.1 Å². The summed E-state index contributed by atoms with van der Waals surface area (Å²) in [4.78, 5) is 15.7. The zero-order chi connectivity index (χ0) is 14.0. The molecule has 0 aliphatic rings. The molecule has 0 unspecified atom stereocenters. The van der Waals surface area contributed by atoms with Gasteiger partial charge in [-0.3, -0.25) is 0 Å². The highest BCUT2D eigenvalue weighted by molar-refractivity contribution is 6.33. The molecule has 1 aromatic carbocycles. The van der Waals surface area contributed by atoms with Crippen molar-refractivity contribution in [2.45, 2.75) is 13.8 Å². The fourth-order valence-electron chi connectivity index (χ4n) is 1.61. The third-order valence-corrected chi connectivity index (χ3v) is 3.05. The lowest BCUT2D eigenvalue weighted by Gasteiger charge is -2.01. The van der Waals surface area contributed by atoms with E-state index < -0.39 is 5.97 Å². The van der Waals surface area contributed by atoms with Crippen molar-refractivity contribution in [1.29, 1.82) is 0 Å². The normalized spacial score (nSPS) is 10.5. The number of esters is 1. The molecule has 1 heterocycles. The molecule has 19 heavy (non-hydrogen) atoms. The van der Waals surface area contributed by atoms with Crippen LogP contribution in [-0.2, 0) is 4.74 Å². The SMILES string of the molecule is CCOC(=O)c1nc(-c2cccc(C)c2Cl)oc1N. The van der Waals surface area contributed by atoms with Gasteiger partial charge in [0.25, 0.3) is 0 Å². The number of ether oxygens (including phenoxy) is 1. The summed E-state index contributed by atoms with van der Waals surface area (Å²) < 4.78 is 10.1. The minimum absolute atomic E-state index is 0.0329. The van der Waals surface area contributed by atoms with Crippen LogP contribution >= 0.6 is 11.6 Å². The molecule has 1 aromatic heterocycles. The molecule has 0 amide bonds. The van der Waals surface area contributed by atoms with Gasteiger partial charge in [0.15, 0.2) is 0 Å². The molecule has 0 radical (unpaired) electrons. The maximum Gasteiger partial charge on any atom is 0.362 e. The van der Waals surface area contributed by atoms with E-state index >= 15 is 0 Å². The Bertz CT molecular complexity index is 622. The highest BCUT2D eigenvalue weighted by Gasteiger charge is 2.21. The van der Waals surface area contributed by atoms with E-state index in [4.69, 9.17) is 26.5 Å². The number of anilines is 1. The summed E-state index contributed by atoms with van der Waals surface area (Å²) in [7, 11) is 0. The lowest BCUT2D eigenvalue weighted by molar-refractivity contribution is 0.0521. The molecular formula is C13H13ClN2O3. The molecular weight excluding hydrogens is 268 g/mol. The molecule has 0 aliphatic carbocycles. The summed E-state index contributed by atoms with van der Waals surface area (Å²) in [5.41, 5.74) is 7.06. The topological polar surface area (TPSA) is 78.3 Å². The number of hydrogen-bond donors (Lipinski definition) is 1. The van der Waals surface area contributed by atoms with E-state index in [1.54, 1.807) is 13.0 Å². The first kappa shape index (κ1) is 13.4. The molecule has 2 N–H and O–H groups in total. The fourth-order valence-corrected chi connectivity index (χ4v) is 1.81. The third-order valence-electron chi connectivity index (χ3n) is 2.54. The Hall–Kier alpha value is -2.01. The number of oxazole rings is 1. The number of halogens is 1. The molecule has 0 saturated carbocycles. The van der Waals surface area contributed by atoms with Gasteiger partial charge in [0.05, 0.1) is 17.2 Å². The molecule has 6 heteroatoms. The van der Waals surface area contributed by atoms with Crippen molar-refractivity contribution in [3.63, 3.8) is 0 Å². The van der Waals surface area contributed by atoms with Crippen molar-refractivity contribution in [2.75, 3.05) is 12.3 Å². The zero-order valence-electron chi connectivity index (χ0n) is 10.6. The molecule has 100 valence electrons. The molecule has 0 spiro atoms. The van der Waals surface area contributed by atoms with Crippen LogP contribution in [-0.4, -0.2) is 17.6 Å². The van der Waals surface area contributed by atoms with Gasteiger partial charge in [-0.15, -0.1) is 0 Å².